The lowest BCUT2D eigenvalue weighted by Gasteiger charge is -2.16. The van der Waals surface area contributed by atoms with Crippen LogP contribution < -0.4 is 10.1 Å². The first-order valence-corrected chi connectivity index (χ1v) is 14.5. The number of benzene rings is 2. The third-order valence-electron chi connectivity index (χ3n) is 6.14. The minimum atomic E-state index is -0.530. The Hall–Kier alpha value is -3.34. The van der Waals surface area contributed by atoms with E-state index in [2.05, 4.69) is 22.4 Å². The number of aromatic nitrogens is 3. The van der Waals surface area contributed by atoms with Crippen molar-refractivity contribution in [3.8, 4) is 16.9 Å². The molecule has 2 aromatic heterocycles. The number of esters is 1. The van der Waals surface area contributed by atoms with E-state index >= 15 is 0 Å². The van der Waals surface area contributed by atoms with Gasteiger partial charge in [-0.15, -0.1) is 21.5 Å². The van der Waals surface area contributed by atoms with E-state index in [0.29, 0.717) is 38.7 Å². The minimum Gasteiger partial charge on any atom is -0.483 e. The molecule has 0 fully saturated rings. The second-order valence-corrected chi connectivity index (χ2v) is 11.0. The van der Waals surface area contributed by atoms with Gasteiger partial charge in [0.15, 0.2) is 17.1 Å². The molecule has 4 aromatic rings. The zero-order valence-electron chi connectivity index (χ0n) is 22.3. The Morgan fingerprint density at radius 2 is 1.87 bits per heavy atom. The molecule has 0 radical (unpaired) electrons. The molecular weight excluding hydrogens is 556 g/mol. The molecular formula is C28H29ClN4O4S2. The average Bonchev–Trinajstić information content (AvgIpc) is 3.53. The van der Waals surface area contributed by atoms with Crippen molar-refractivity contribution in [2.45, 2.75) is 45.5 Å². The minimum absolute atomic E-state index is 0.0827. The molecule has 39 heavy (non-hydrogen) atoms. The largest absolute Gasteiger partial charge is 0.483 e. The van der Waals surface area contributed by atoms with Gasteiger partial charge in [0.25, 0.3) is 0 Å². The Kier molecular flexibility index (Phi) is 9.32. The molecule has 0 aliphatic heterocycles. The van der Waals surface area contributed by atoms with Gasteiger partial charge in [0, 0.05) is 22.5 Å². The lowest BCUT2D eigenvalue weighted by atomic mass is 10.0. The molecule has 0 aliphatic carbocycles. The van der Waals surface area contributed by atoms with Gasteiger partial charge >= 0.3 is 5.97 Å². The van der Waals surface area contributed by atoms with Crippen molar-refractivity contribution < 1.29 is 19.1 Å². The molecule has 0 saturated carbocycles. The molecule has 2 aromatic carbocycles. The van der Waals surface area contributed by atoms with Crippen LogP contribution in [0, 0.1) is 13.8 Å². The number of thioether (sulfide) groups is 1. The number of ether oxygens (including phenoxy) is 2. The normalized spacial score (nSPS) is 11.7. The van der Waals surface area contributed by atoms with E-state index in [0.717, 1.165) is 16.9 Å². The zero-order valence-corrected chi connectivity index (χ0v) is 24.7. The summed E-state index contributed by atoms with van der Waals surface area (Å²) in [6, 6.07) is 13.1. The number of carbonyl (C=O) groups is 2. The third-order valence-corrected chi connectivity index (χ3v) is 8.25. The number of hydrogen-bond acceptors (Lipinski definition) is 8. The molecule has 1 unspecified atom stereocenters. The van der Waals surface area contributed by atoms with Gasteiger partial charge in [-0.05, 0) is 68.7 Å². The second-order valence-electron chi connectivity index (χ2n) is 8.78. The fourth-order valence-corrected chi connectivity index (χ4v) is 5.85. The van der Waals surface area contributed by atoms with Crippen molar-refractivity contribution in [1.29, 1.82) is 0 Å². The van der Waals surface area contributed by atoms with Crippen molar-refractivity contribution in [2.75, 3.05) is 18.2 Å². The second kappa shape index (κ2) is 12.7. The lowest BCUT2D eigenvalue weighted by Crippen LogP contribution is -2.17. The molecule has 1 amide bonds. The van der Waals surface area contributed by atoms with Crippen LogP contribution in [-0.2, 0) is 16.1 Å². The number of hydrogen-bond donors (Lipinski definition) is 1. The molecule has 4 rings (SSSR count). The van der Waals surface area contributed by atoms with E-state index in [4.69, 9.17) is 21.1 Å². The Bertz CT molecular complexity index is 1480. The van der Waals surface area contributed by atoms with Crippen LogP contribution in [0.2, 0.25) is 5.02 Å². The highest BCUT2D eigenvalue weighted by Gasteiger charge is 2.23. The predicted molar refractivity (Wildman–Crippen MR) is 156 cm³/mol. The van der Waals surface area contributed by atoms with Gasteiger partial charge < -0.3 is 19.4 Å². The molecule has 11 heteroatoms. The number of halogens is 1. The molecule has 0 bridgehead atoms. The Labute approximate surface area is 240 Å². The SMILES string of the molecule is CCn1c(SCC(=O)Nc2scc(-c3ccc(Cl)cc3)c2C(=O)OC)nnc1C(C)Oc1ccc(C)c(C)c1. The van der Waals surface area contributed by atoms with E-state index in [-0.39, 0.29) is 17.8 Å². The third kappa shape index (κ3) is 6.63. The van der Waals surface area contributed by atoms with Gasteiger partial charge in [-0.25, -0.2) is 4.79 Å². The molecule has 1 atom stereocenters. The van der Waals surface area contributed by atoms with Crippen LogP contribution >= 0.6 is 34.7 Å². The summed E-state index contributed by atoms with van der Waals surface area (Å²) >= 11 is 8.54. The van der Waals surface area contributed by atoms with Gasteiger partial charge in [0.2, 0.25) is 5.91 Å². The number of anilines is 1. The summed E-state index contributed by atoms with van der Waals surface area (Å²) < 4.78 is 13.1. The maximum Gasteiger partial charge on any atom is 0.341 e. The van der Waals surface area contributed by atoms with E-state index in [9.17, 15) is 9.59 Å². The Morgan fingerprint density at radius 3 is 2.54 bits per heavy atom. The number of nitrogens with one attached hydrogen (secondary N) is 1. The molecule has 1 N–H and O–H groups in total. The number of rotatable bonds is 10. The summed E-state index contributed by atoms with van der Waals surface area (Å²) in [5.74, 6) is 0.718. The number of amides is 1. The fraction of sp³-hybridized carbons (Fsp3) is 0.286. The zero-order chi connectivity index (χ0) is 28.1. The summed E-state index contributed by atoms with van der Waals surface area (Å²) in [6.07, 6.45) is -0.331. The van der Waals surface area contributed by atoms with Crippen LogP contribution in [0.1, 0.15) is 47.3 Å². The highest BCUT2D eigenvalue weighted by molar-refractivity contribution is 7.99. The van der Waals surface area contributed by atoms with Crippen molar-refractivity contribution in [3.05, 3.63) is 75.4 Å². The number of carbonyl (C=O) groups excluding carboxylic acids is 2. The number of aryl methyl sites for hydroxylation is 2. The molecule has 0 aliphatic rings. The first kappa shape index (κ1) is 28.7. The summed E-state index contributed by atoms with van der Waals surface area (Å²) in [6.45, 7) is 8.64. The molecule has 2 heterocycles. The maximum absolute atomic E-state index is 12.9. The number of methoxy groups -OCH3 is 1. The first-order chi connectivity index (χ1) is 18.7. The van der Waals surface area contributed by atoms with E-state index in [1.807, 2.05) is 61.1 Å². The fourth-order valence-electron chi connectivity index (χ4n) is 3.94. The van der Waals surface area contributed by atoms with E-state index in [1.54, 1.807) is 12.1 Å². The standard InChI is InChI=1S/C28H29ClN4O4S2/c1-6-33-25(18(4)37-21-12-7-16(2)17(3)13-21)31-32-28(33)39-15-23(34)30-26-24(27(35)36-5)22(14-38-26)19-8-10-20(29)11-9-19/h7-14,18H,6,15H2,1-5H3,(H,30,34). The number of nitrogens with zero attached hydrogens (tertiary/aromatic N) is 3. The van der Waals surface area contributed by atoms with Crippen LogP contribution in [0.3, 0.4) is 0 Å². The highest BCUT2D eigenvalue weighted by Crippen LogP contribution is 2.37. The first-order valence-electron chi connectivity index (χ1n) is 12.3. The van der Waals surface area contributed by atoms with Crippen molar-refractivity contribution in [3.63, 3.8) is 0 Å². The molecule has 0 saturated heterocycles. The smallest absolute Gasteiger partial charge is 0.341 e. The van der Waals surface area contributed by atoms with Crippen LogP contribution in [0.5, 0.6) is 5.75 Å². The summed E-state index contributed by atoms with van der Waals surface area (Å²) in [5.41, 5.74) is 4.12. The molecule has 204 valence electrons. The van der Waals surface area contributed by atoms with Crippen LogP contribution in [0.4, 0.5) is 5.00 Å². The predicted octanol–water partition coefficient (Wildman–Crippen LogP) is 6.95. The molecule has 8 nitrogen and oxygen atoms in total. The monoisotopic (exact) mass is 584 g/mol. The number of thiophene rings is 1. The van der Waals surface area contributed by atoms with Crippen LogP contribution in [-0.4, -0.2) is 39.5 Å². The summed E-state index contributed by atoms with van der Waals surface area (Å²) in [7, 11) is 1.31. The van der Waals surface area contributed by atoms with Crippen molar-refractivity contribution in [1.82, 2.24) is 14.8 Å². The topological polar surface area (TPSA) is 95.3 Å². The van der Waals surface area contributed by atoms with Gasteiger partial charge in [-0.3, -0.25) is 4.79 Å². The lowest BCUT2D eigenvalue weighted by molar-refractivity contribution is -0.113. The van der Waals surface area contributed by atoms with Gasteiger partial charge in [0.1, 0.15) is 16.3 Å². The highest BCUT2D eigenvalue weighted by atomic mass is 35.5. The maximum atomic E-state index is 12.9. The van der Waals surface area contributed by atoms with Crippen molar-refractivity contribution in [2.24, 2.45) is 0 Å². The van der Waals surface area contributed by atoms with E-state index < -0.39 is 5.97 Å². The van der Waals surface area contributed by atoms with Crippen LogP contribution in [0.15, 0.2) is 53.0 Å². The van der Waals surface area contributed by atoms with Gasteiger partial charge in [-0.2, -0.15) is 0 Å². The van der Waals surface area contributed by atoms with Gasteiger partial charge in [-0.1, -0.05) is 41.6 Å². The quantitative estimate of drug-likeness (QED) is 0.159. The van der Waals surface area contributed by atoms with E-state index in [1.165, 1.54) is 35.8 Å². The summed E-state index contributed by atoms with van der Waals surface area (Å²) in [4.78, 5) is 25.5. The Balaban J connectivity index is 1.45. The summed E-state index contributed by atoms with van der Waals surface area (Å²) in [5, 5.41) is 14.9. The Morgan fingerprint density at radius 1 is 1.13 bits per heavy atom. The molecule has 0 spiro atoms. The average molecular weight is 585 g/mol. The van der Waals surface area contributed by atoms with Crippen LogP contribution in [0.25, 0.3) is 11.1 Å². The van der Waals surface area contributed by atoms with Gasteiger partial charge in [0.05, 0.1) is 12.9 Å². The van der Waals surface area contributed by atoms with Crippen molar-refractivity contribution >= 4 is 51.6 Å².